The molecule has 0 radical (unpaired) electrons. The molecule has 1 atom stereocenters. The van der Waals surface area contributed by atoms with Crippen LogP contribution in [0.3, 0.4) is 0 Å². The Morgan fingerprint density at radius 3 is 2.74 bits per heavy atom. The quantitative estimate of drug-likeness (QED) is 0.602. The van der Waals surface area contributed by atoms with Gasteiger partial charge in [-0.25, -0.2) is 0 Å². The minimum absolute atomic E-state index is 0.269. The molecule has 0 bridgehead atoms. The second kappa shape index (κ2) is 7.99. The van der Waals surface area contributed by atoms with E-state index in [1.807, 2.05) is 6.92 Å². The summed E-state index contributed by atoms with van der Waals surface area (Å²) in [5.74, 6) is 0.331. The van der Waals surface area contributed by atoms with Gasteiger partial charge in [-0.15, -0.1) is 10.2 Å². The second-order valence-electron chi connectivity index (χ2n) is 5.20. The lowest BCUT2D eigenvalue weighted by Gasteiger charge is -2.14. The van der Waals surface area contributed by atoms with Gasteiger partial charge in [0.25, 0.3) is 5.91 Å². The number of rotatable bonds is 6. The number of ether oxygens (including phenoxy) is 1. The van der Waals surface area contributed by atoms with Gasteiger partial charge in [-0.05, 0) is 37.6 Å². The summed E-state index contributed by atoms with van der Waals surface area (Å²) < 4.78 is 6.47. The Bertz CT molecular complexity index is 691. The molecule has 1 amide bonds. The van der Waals surface area contributed by atoms with E-state index in [9.17, 15) is 4.79 Å². The highest BCUT2D eigenvalue weighted by molar-refractivity contribution is 8.01. The van der Waals surface area contributed by atoms with E-state index in [0.717, 1.165) is 9.90 Å². The van der Waals surface area contributed by atoms with Crippen molar-refractivity contribution in [1.82, 2.24) is 10.2 Å². The summed E-state index contributed by atoms with van der Waals surface area (Å²) in [6.07, 6.45) is -0.652. The van der Waals surface area contributed by atoms with Gasteiger partial charge in [0.1, 0.15) is 5.75 Å². The van der Waals surface area contributed by atoms with Crippen LogP contribution in [0.1, 0.15) is 26.3 Å². The molecule has 5 nitrogen and oxygen atoms in total. The van der Waals surface area contributed by atoms with Crippen molar-refractivity contribution in [3.05, 3.63) is 28.8 Å². The Morgan fingerprint density at radius 1 is 1.35 bits per heavy atom. The number of nitrogens with one attached hydrogen (secondary N) is 1. The smallest absolute Gasteiger partial charge is 0.266 e. The first-order chi connectivity index (χ1) is 10.8. The number of aromatic nitrogens is 2. The number of anilines is 1. The van der Waals surface area contributed by atoms with Crippen molar-refractivity contribution in [2.24, 2.45) is 0 Å². The van der Waals surface area contributed by atoms with Crippen molar-refractivity contribution in [1.29, 1.82) is 0 Å². The summed E-state index contributed by atoms with van der Waals surface area (Å²) >= 11 is 8.94. The van der Waals surface area contributed by atoms with Gasteiger partial charge in [-0.2, -0.15) is 0 Å². The number of thioether (sulfide) groups is 1. The molecule has 0 aliphatic heterocycles. The van der Waals surface area contributed by atoms with Crippen LogP contribution in [0.2, 0.25) is 5.02 Å². The van der Waals surface area contributed by atoms with Gasteiger partial charge in [-0.1, -0.05) is 48.5 Å². The molecule has 0 aliphatic carbocycles. The number of amides is 1. The van der Waals surface area contributed by atoms with Crippen LogP contribution >= 0.6 is 34.7 Å². The van der Waals surface area contributed by atoms with Crippen LogP contribution in [-0.2, 0) is 4.79 Å². The van der Waals surface area contributed by atoms with Crippen LogP contribution in [0.15, 0.2) is 22.5 Å². The molecule has 0 fully saturated rings. The molecule has 0 aliphatic rings. The largest absolute Gasteiger partial charge is 0.481 e. The first-order valence-corrected chi connectivity index (χ1v) is 9.16. The van der Waals surface area contributed by atoms with Gasteiger partial charge in [0.2, 0.25) is 5.13 Å². The minimum Gasteiger partial charge on any atom is -0.481 e. The molecule has 23 heavy (non-hydrogen) atoms. The number of halogens is 1. The molecule has 1 heterocycles. The molecule has 124 valence electrons. The molecule has 1 aromatic carbocycles. The van der Waals surface area contributed by atoms with Crippen LogP contribution in [0, 0.1) is 6.92 Å². The molecule has 2 aromatic rings. The summed E-state index contributed by atoms with van der Waals surface area (Å²) in [5.41, 5.74) is 0.899. The molecule has 1 aromatic heterocycles. The van der Waals surface area contributed by atoms with E-state index >= 15 is 0 Å². The number of hydrogen-bond acceptors (Lipinski definition) is 6. The summed E-state index contributed by atoms with van der Waals surface area (Å²) in [5, 5.41) is 12.3. The highest BCUT2D eigenvalue weighted by atomic mass is 35.5. The summed E-state index contributed by atoms with van der Waals surface area (Å²) in [7, 11) is 0. The third kappa shape index (κ3) is 5.37. The van der Waals surface area contributed by atoms with Gasteiger partial charge in [-0.3, -0.25) is 10.1 Å². The number of aryl methyl sites for hydroxylation is 1. The lowest BCUT2D eigenvalue weighted by Crippen LogP contribution is -2.30. The van der Waals surface area contributed by atoms with E-state index in [2.05, 4.69) is 29.4 Å². The monoisotopic (exact) mass is 371 g/mol. The topological polar surface area (TPSA) is 64.1 Å². The third-order valence-electron chi connectivity index (χ3n) is 2.78. The molecule has 1 N–H and O–H groups in total. The Balaban J connectivity index is 1.94. The summed E-state index contributed by atoms with van der Waals surface area (Å²) in [6, 6.07) is 5.28. The van der Waals surface area contributed by atoms with Crippen molar-refractivity contribution in [2.75, 3.05) is 5.32 Å². The highest BCUT2D eigenvalue weighted by Crippen LogP contribution is 2.28. The number of hydrogen-bond donors (Lipinski definition) is 1. The number of nitrogens with zero attached hydrogens (tertiary/aromatic N) is 2. The fourth-order valence-corrected chi connectivity index (χ4v) is 3.76. The molecule has 0 spiro atoms. The van der Waals surface area contributed by atoms with Gasteiger partial charge >= 0.3 is 0 Å². The van der Waals surface area contributed by atoms with Gasteiger partial charge < -0.3 is 4.74 Å². The second-order valence-corrected chi connectivity index (χ2v) is 8.41. The van der Waals surface area contributed by atoms with E-state index in [1.165, 1.54) is 11.3 Å². The first-order valence-electron chi connectivity index (χ1n) is 7.09. The molecular formula is C15H18ClN3O2S2. The van der Waals surface area contributed by atoms with E-state index in [-0.39, 0.29) is 5.91 Å². The Kier molecular flexibility index (Phi) is 6.26. The van der Waals surface area contributed by atoms with Crippen molar-refractivity contribution in [3.8, 4) is 5.75 Å². The fourth-order valence-electron chi connectivity index (χ4n) is 1.66. The van der Waals surface area contributed by atoms with Crippen molar-refractivity contribution < 1.29 is 9.53 Å². The van der Waals surface area contributed by atoms with Crippen molar-refractivity contribution in [3.63, 3.8) is 0 Å². The Morgan fingerprint density at radius 2 is 2.09 bits per heavy atom. The van der Waals surface area contributed by atoms with Crippen LogP contribution in [0.5, 0.6) is 5.75 Å². The Labute approximate surface area is 148 Å². The van der Waals surface area contributed by atoms with Crippen LogP contribution in [0.4, 0.5) is 5.13 Å². The van der Waals surface area contributed by atoms with E-state index in [4.69, 9.17) is 16.3 Å². The van der Waals surface area contributed by atoms with E-state index in [1.54, 1.807) is 36.9 Å². The van der Waals surface area contributed by atoms with Gasteiger partial charge in [0, 0.05) is 10.3 Å². The van der Waals surface area contributed by atoms with E-state index in [0.29, 0.717) is 21.2 Å². The average molecular weight is 372 g/mol. The maximum atomic E-state index is 12.2. The predicted molar refractivity (Wildman–Crippen MR) is 95.8 cm³/mol. The molecular weight excluding hydrogens is 354 g/mol. The van der Waals surface area contributed by atoms with Crippen molar-refractivity contribution >= 4 is 45.7 Å². The molecule has 1 unspecified atom stereocenters. The van der Waals surface area contributed by atoms with Crippen molar-refractivity contribution in [2.45, 2.75) is 43.4 Å². The molecule has 0 saturated carbocycles. The average Bonchev–Trinajstić information content (AvgIpc) is 2.89. The molecule has 2 rings (SSSR count). The normalized spacial score (nSPS) is 12.3. The highest BCUT2D eigenvalue weighted by Gasteiger charge is 2.17. The third-order valence-corrected chi connectivity index (χ3v) is 5.14. The maximum absolute atomic E-state index is 12.2. The zero-order valence-electron chi connectivity index (χ0n) is 13.3. The maximum Gasteiger partial charge on any atom is 0.266 e. The standard InChI is InChI=1S/C15H18ClN3O2S2/c1-8(2)22-15-19-18-14(23-15)17-13(20)10(4)21-11-5-6-12(16)9(3)7-11/h5-8,10H,1-4H3,(H,17,18,20). The predicted octanol–water partition coefficient (Wildman–Crippen LogP) is 4.41. The molecule has 0 saturated heterocycles. The minimum atomic E-state index is -0.652. The number of carbonyl (C=O) groups is 1. The van der Waals surface area contributed by atoms with Gasteiger partial charge in [0.15, 0.2) is 10.4 Å². The van der Waals surface area contributed by atoms with Crippen LogP contribution < -0.4 is 10.1 Å². The van der Waals surface area contributed by atoms with E-state index < -0.39 is 6.10 Å². The lowest BCUT2D eigenvalue weighted by molar-refractivity contribution is -0.122. The molecule has 8 heteroatoms. The number of carbonyl (C=O) groups excluding carboxylic acids is 1. The summed E-state index contributed by atoms with van der Waals surface area (Å²) in [6.45, 7) is 7.72. The van der Waals surface area contributed by atoms with Crippen LogP contribution in [0.25, 0.3) is 0 Å². The summed E-state index contributed by atoms with van der Waals surface area (Å²) in [4.78, 5) is 12.2. The van der Waals surface area contributed by atoms with Crippen LogP contribution in [-0.4, -0.2) is 27.5 Å². The number of benzene rings is 1. The lowest BCUT2D eigenvalue weighted by atomic mass is 10.2. The van der Waals surface area contributed by atoms with Gasteiger partial charge in [0.05, 0.1) is 0 Å². The zero-order chi connectivity index (χ0) is 17.0. The zero-order valence-corrected chi connectivity index (χ0v) is 15.7. The fraction of sp³-hybridized carbons (Fsp3) is 0.400. The first kappa shape index (κ1) is 18.0. The SMILES string of the molecule is Cc1cc(OC(C)C(=O)Nc2nnc(SC(C)C)s2)ccc1Cl. The Hall–Kier alpha value is -1.31.